The number of nitrogens with zero attached hydrogens (tertiary/aromatic N) is 3. The van der Waals surface area contributed by atoms with Crippen LogP contribution in [0.2, 0.25) is 0 Å². The molecule has 0 aliphatic carbocycles. The number of rotatable bonds is 5. The van der Waals surface area contributed by atoms with Gasteiger partial charge in [-0.05, 0) is 24.3 Å². The first kappa shape index (κ1) is 18.7. The number of aromatic nitrogens is 1. The van der Waals surface area contributed by atoms with Crippen LogP contribution >= 0.6 is 15.9 Å². The molecule has 1 aliphatic heterocycles. The Balaban J connectivity index is 1.28. The van der Waals surface area contributed by atoms with Crippen LogP contribution in [0, 0.1) is 0 Å². The molecule has 2 aromatic carbocycles. The van der Waals surface area contributed by atoms with Crippen molar-refractivity contribution in [2.75, 3.05) is 31.1 Å². The summed E-state index contributed by atoms with van der Waals surface area (Å²) in [6.45, 7) is 3.23. The molecule has 144 valence electrons. The van der Waals surface area contributed by atoms with Crippen molar-refractivity contribution >= 4 is 27.5 Å². The molecular weight excluding hydrogens is 418 g/mol. The summed E-state index contributed by atoms with van der Waals surface area (Å²) in [6.07, 6.45) is 2.67. The van der Waals surface area contributed by atoms with Gasteiger partial charge in [0.05, 0.1) is 6.20 Å². The number of carbonyl (C=O) groups is 1. The summed E-state index contributed by atoms with van der Waals surface area (Å²) in [5.74, 6) is 1.50. The molecule has 1 aromatic heterocycles. The van der Waals surface area contributed by atoms with E-state index in [2.05, 4.69) is 37.9 Å². The minimum absolute atomic E-state index is 0.163. The van der Waals surface area contributed by atoms with E-state index in [0.717, 1.165) is 42.0 Å². The monoisotopic (exact) mass is 439 g/mol. The van der Waals surface area contributed by atoms with E-state index in [4.69, 9.17) is 4.42 Å². The number of aryl methyl sites for hydroxylation is 1. The number of hydrogen-bond donors (Lipinski definition) is 0. The van der Waals surface area contributed by atoms with E-state index >= 15 is 0 Å². The second-order valence-corrected chi connectivity index (χ2v) is 7.74. The summed E-state index contributed by atoms with van der Waals surface area (Å²) in [6, 6.07) is 18.2. The molecule has 0 unspecified atom stereocenters. The van der Waals surface area contributed by atoms with Gasteiger partial charge in [0, 0.05) is 54.7 Å². The van der Waals surface area contributed by atoms with Gasteiger partial charge in [0.1, 0.15) is 0 Å². The van der Waals surface area contributed by atoms with Crippen LogP contribution in [-0.4, -0.2) is 42.0 Å². The van der Waals surface area contributed by atoms with Gasteiger partial charge in [-0.1, -0.05) is 46.3 Å². The van der Waals surface area contributed by atoms with Gasteiger partial charge in [0.15, 0.2) is 11.7 Å². The van der Waals surface area contributed by atoms with E-state index in [9.17, 15) is 4.79 Å². The van der Waals surface area contributed by atoms with E-state index in [1.165, 1.54) is 5.69 Å². The fraction of sp³-hybridized carbons (Fsp3) is 0.273. The number of halogens is 1. The van der Waals surface area contributed by atoms with Gasteiger partial charge in [-0.15, -0.1) is 0 Å². The molecule has 0 spiro atoms. The summed E-state index contributed by atoms with van der Waals surface area (Å²) in [4.78, 5) is 21.2. The third kappa shape index (κ3) is 4.44. The maximum absolute atomic E-state index is 12.6. The zero-order valence-corrected chi connectivity index (χ0v) is 17.1. The summed E-state index contributed by atoms with van der Waals surface area (Å²) >= 11 is 3.43. The molecule has 28 heavy (non-hydrogen) atoms. The van der Waals surface area contributed by atoms with E-state index < -0.39 is 0 Å². The topological polar surface area (TPSA) is 49.6 Å². The molecule has 0 N–H and O–H groups in total. The van der Waals surface area contributed by atoms with E-state index in [1.807, 2.05) is 47.4 Å². The maximum atomic E-state index is 12.6. The van der Waals surface area contributed by atoms with E-state index in [1.54, 1.807) is 6.20 Å². The van der Waals surface area contributed by atoms with Crippen LogP contribution in [0.3, 0.4) is 0 Å². The van der Waals surface area contributed by atoms with Crippen LogP contribution in [0.1, 0.15) is 12.3 Å². The lowest BCUT2D eigenvalue weighted by atomic mass is 10.2. The summed E-state index contributed by atoms with van der Waals surface area (Å²) in [5.41, 5.74) is 2.19. The molecule has 1 aliphatic rings. The van der Waals surface area contributed by atoms with Crippen LogP contribution < -0.4 is 4.90 Å². The highest BCUT2D eigenvalue weighted by molar-refractivity contribution is 9.10. The molecule has 1 saturated heterocycles. The van der Waals surface area contributed by atoms with Crippen molar-refractivity contribution in [3.05, 3.63) is 71.2 Å². The number of anilines is 1. The highest BCUT2D eigenvalue weighted by Crippen LogP contribution is 2.23. The van der Waals surface area contributed by atoms with Gasteiger partial charge < -0.3 is 14.2 Å². The van der Waals surface area contributed by atoms with Crippen molar-refractivity contribution in [2.45, 2.75) is 12.8 Å². The molecular formula is C22H22BrN3O2. The van der Waals surface area contributed by atoms with Gasteiger partial charge in [0.2, 0.25) is 5.91 Å². The van der Waals surface area contributed by atoms with Gasteiger partial charge in [-0.2, -0.15) is 0 Å². The lowest BCUT2D eigenvalue weighted by Gasteiger charge is -2.36. The fourth-order valence-electron chi connectivity index (χ4n) is 3.40. The molecule has 4 rings (SSSR count). The number of oxazole rings is 1. The molecule has 1 amide bonds. The minimum Gasteiger partial charge on any atom is -0.441 e. The SMILES string of the molecule is O=C(CCc1ncc(-c2ccc(Br)cc2)o1)N1CCN(c2ccccc2)CC1. The predicted molar refractivity (Wildman–Crippen MR) is 113 cm³/mol. The predicted octanol–water partition coefficient (Wildman–Crippen LogP) is 4.39. The zero-order chi connectivity index (χ0) is 19.3. The quantitative estimate of drug-likeness (QED) is 0.591. The molecule has 6 heteroatoms. The Hall–Kier alpha value is -2.60. The molecule has 1 fully saturated rings. The minimum atomic E-state index is 0.163. The first-order valence-electron chi connectivity index (χ1n) is 9.47. The summed E-state index contributed by atoms with van der Waals surface area (Å²) in [7, 11) is 0. The largest absolute Gasteiger partial charge is 0.441 e. The smallest absolute Gasteiger partial charge is 0.223 e. The van der Waals surface area contributed by atoms with Crippen molar-refractivity contribution in [3.63, 3.8) is 0 Å². The van der Waals surface area contributed by atoms with Crippen LogP contribution in [0.4, 0.5) is 5.69 Å². The first-order valence-corrected chi connectivity index (χ1v) is 10.3. The number of hydrogen-bond acceptors (Lipinski definition) is 4. The van der Waals surface area contributed by atoms with Gasteiger partial charge >= 0.3 is 0 Å². The molecule has 5 nitrogen and oxygen atoms in total. The van der Waals surface area contributed by atoms with Crippen LogP contribution in [0.5, 0.6) is 0 Å². The maximum Gasteiger partial charge on any atom is 0.223 e. The Labute approximate surface area is 173 Å². The Morgan fingerprint density at radius 3 is 2.43 bits per heavy atom. The lowest BCUT2D eigenvalue weighted by molar-refractivity contribution is -0.131. The van der Waals surface area contributed by atoms with Gasteiger partial charge in [-0.25, -0.2) is 4.98 Å². The highest BCUT2D eigenvalue weighted by atomic mass is 79.9. The second-order valence-electron chi connectivity index (χ2n) is 6.83. The second kappa shape index (κ2) is 8.61. The van der Waals surface area contributed by atoms with Crippen molar-refractivity contribution in [2.24, 2.45) is 0 Å². The standard InChI is InChI=1S/C22H22BrN3O2/c23-18-8-6-17(7-9-18)20-16-24-21(28-20)10-11-22(27)26-14-12-25(13-15-26)19-4-2-1-3-5-19/h1-9,16H,10-15H2. The van der Waals surface area contributed by atoms with E-state index in [-0.39, 0.29) is 5.91 Å². The highest BCUT2D eigenvalue weighted by Gasteiger charge is 2.21. The molecule has 3 aromatic rings. The third-order valence-electron chi connectivity index (χ3n) is 4.99. The van der Waals surface area contributed by atoms with E-state index in [0.29, 0.717) is 18.7 Å². The summed E-state index contributed by atoms with van der Waals surface area (Å²) < 4.78 is 6.84. The Kier molecular flexibility index (Phi) is 5.76. The average molecular weight is 440 g/mol. The van der Waals surface area contributed by atoms with Crippen molar-refractivity contribution in [1.82, 2.24) is 9.88 Å². The van der Waals surface area contributed by atoms with Crippen LogP contribution in [0.25, 0.3) is 11.3 Å². The number of carbonyl (C=O) groups excluding carboxylic acids is 1. The van der Waals surface area contributed by atoms with Crippen molar-refractivity contribution in [3.8, 4) is 11.3 Å². The molecule has 2 heterocycles. The first-order chi connectivity index (χ1) is 13.7. The number of piperazine rings is 1. The molecule has 0 saturated carbocycles. The Morgan fingerprint density at radius 2 is 1.71 bits per heavy atom. The average Bonchev–Trinajstić information content (AvgIpc) is 3.22. The number of amides is 1. The van der Waals surface area contributed by atoms with Gasteiger partial charge in [-0.3, -0.25) is 4.79 Å². The Morgan fingerprint density at radius 1 is 1.00 bits per heavy atom. The van der Waals surface area contributed by atoms with Crippen molar-refractivity contribution < 1.29 is 9.21 Å². The molecule has 0 radical (unpaired) electrons. The van der Waals surface area contributed by atoms with Crippen molar-refractivity contribution in [1.29, 1.82) is 0 Å². The third-order valence-corrected chi connectivity index (χ3v) is 5.52. The van der Waals surface area contributed by atoms with Crippen LogP contribution in [0.15, 0.2) is 69.7 Å². The summed E-state index contributed by atoms with van der Waals surface area (Å²) in [5, 5.41) is 0. The molecule has 0 atom stereocenters. The molecule has 0 bridgehead atoms. The van der Waals surface area contributed by atoms with Gasteiger partial charge in [0.25, 0.3) is 0 Å². The van der Waals surface area contributed by atoms with Crippen LogP contribution in [-0.2, 0) is 11.2 Å². The fourth-order valence-corrected chi connectivity index (χ4v) is 3.66. The lowest BCUT2D eigenvalue weighted by Crippen LogP contribution is -2.48. The zero-order valence-electron chi connectivity index (χ0n) is 15.6. The number of benzene rings is 2. The Bertz CT molecular complexity index is 916. The normalized spacial score (nSPS) is 14.3. The number of para-hydroxylation sites is 1.